The molecule has 5 rings (SSSR count). The maximum Gasteiger partial charge on any atom is 0.408 e. The number of carbonyl (C=O) groups is 3. The van der Waals surface area contributed by atoms with Crippen LogP contribution < -0.4 is 5.32 Å². The third-order valence-corrected chi connectivity index (χ3v) is 9.86. The van der Waals surface area contributed by atoms with Crippen LogP contribution in [-0.4, -0.2) is 54.1 Å². The fraction of sp³-hybridized carbons (Fsp3) is 0.286. The molecule has 0 saturated carbocycles. The molecule has 0 aromatic heterocycles. The summed E-state index contributed by atoms with van der Waals surface area (Å²) < 4.78 is 42.9. The highest BCUT2D eigenvalue weighted by Gasteiger charge is 2.55. The molecule has 0 aliphatic carbocycles. The van der Waals surface area contributed by atoms with Crippen molar-refractivity contribution in [3.63, 3.8) is 0 Å². The van der Waals surface area contributed by atoms with E-state index in [1.54, 1.807) is 32.9 Å². The van der Waals surface area contributed by atoms with E-state index in [4.69, 9.17) is 13.7 Å². The number of β-lactam (4-membered cyclic amide) rings is 1. The number of hydrogen-bond acceptors (Lipinski definition) is 9. The molecular formula is C35H36N2O8S2. The number of allylic oxidation sites excluding steroid dienone is 2. The van der Waals surface area contributed by atoms with Gasteiger partial charge in [-0.1, -0.05) is 78.4 Å². The monoisotopic (exact) mass is 676 g/mol. The van der Waals surface area contributed by atoms with Gasteiger partial charge in [-0.25, -0.2) is 9.59 Å². The summed E-state index contributed by atoms with van der Waals surface area (Å²) in [6, 6.07) is 23.7. The van der Waals surface area contributed by atoms with Crippen molar-refractivity contribution < 1.29 is 36.5 Å². The Morgan fingerprint density at radius 2 is 1.53 bits per heavy atom. The first-order chi connectivity index (χ1) is 22.2. The number of nitrogens with one attached hydrogen (secondary N) is 1. The number of fused-ring (bicyclic) bond motifs is 1. The average Bonchev–Trinajstić information content (AvgIpc) is 3.02. The Morgan fingerprint density at radius 1 is 0.957 bits per heavy atom. The van der Waals surface area contributed by atoms with Crippen molar-refractivity contribution >= 4 is 39.8 Å². The molecule has 0 radical (unpaired) electrons. The molecule has 2 aliphatic rings. The van der Waals surface area contributed by atoms with Crippen molar-refractivity contribution in [3.05, 3.63) is 125 Å². The van der Waals surface area contributed by atoms with E-state index < -0.39 is 51.2 Å². The van der Waals surface area contributed by atoms with Crippen LogP contribution in [0, 0.1) is 6.92 Å². The number of amides is 2. The van der Waals surface area contributed by atoms with E-state index in [1.165, 1.54) is 41.8 Å². The number of esters is 1. The van der Waals surface area contributed by atoms with Gasteiger partial charge in [0.15, 0.2) is 6.10 Å². The number of aryl methyl sites for hydroxylation is 1. The molecule has 47 heavy (non-hydrogen) atoms. The Kier molecular flexibility index (Phi) is 9.83. The lowest BCUT2D eigenvalue weighted by Crippen LogP contribution is -2.70. The molecule has 2 aliphatic heterocycles. The van der Waals surface area contributed by atoms with Crippen LogP contribution in [0.25, 0.3) is 0 Å². The van der Waals surface area contributed by atoms with Gasteiger partial charge >= 0.3 is 22.2 Å². The normalized spacial score (nSPS) is 18.3. The Bertz CT molecular complexity index is 1780. The number of ether oxygens (including phenoxy) is 2. The van der Waals surface area contributed by atoms with Crippen molar-refractivity contribution in [1.29, 1.82) is 0 Å². The van der Waals surface area contributed by atoms with Crippen LogP contribution in [0.15, 0.2) is 113 Å². The third kappa shape index (κ3) is 7.88. The van der Waals surface area contributed by atoms with Crippen LogP contribution >= 0.6 is 11.8 Å². The van der Waals surface area contributed by atoms with E-state index in [9.17, 15) is 22.8 Å². The third-order valence-electron chi connectivity index (χ3n) is 7.22. The standard InChI is InChI=1S/C35H36N2O8S2/c1-22-16-18-27(19-17-22)47(41,42)45-23(2)20-26-21-46-32-28(36-34(40)44-35(3,4)5)31(38)37(32)29(26)33(39)43-30(24-12-8-6-9-13-24)25-14-10-7-11-15-25/h6-20,28,30,32H,21H2,1-5H3,(H,36,40). The molecule has 246 valence electrons. The van der Waals surface area contributed by atoms with E-state index in [1.807, 2.05) is 67.6 Å². The molecule has 3 aromatic carbocycles. The molecule has 0 spiro atoms. The zero-order valence-corrected chi connectivity index (χ0v) is 28.3. The lowest BCUT2D eigenvalue weighted by atomic mass is 10.0. The fourth-order valence-corrected chi connectivity index (χ4v) is 7.39. The van der Waals surface area contributed by atoms with Gasteiger partial charge < -0.3 is 19.0 Å². The first-order valence-corrected chi connectivity index (χ1v) is 17.4. The number of thioether (sulfide) groups is 1. The Morgan fingerprint density at radius 3 is 2.09 bits per heavy atom. The van der Waals surface area contributed by atoms with Crippen LogP contribution in [0.5, 0.6) is 0 Å². The van der Waals surface area contributed by atoms with E-state index in [2.05, 4.69) is 5.32 Å². The molecule has 2 heterocycles. The second kappa shape index (κ2) is 13.7. The first-order valence-electron chi connectivity index (χ1n) is 14.9. The Hall–Kier alpha value is -4.55. The predicted octanol–water partition coefficient (Wildman–Crippen LogP) is 6.00. The molecule has 1 saturated heterocycles. The van der Waals surface area contributed by atoms with Gasteiger partial charge in [-0.15, -0.1) is 11.8 Å². The number of hydrogen-bond donors (Lipinski definition) is 1. The van der Waals surface area contributed by atoms with E-state index in [0.29, 0.717) is 5.57 Å². The number of benzene rings is 3. The number of alkyl carbamates (subject to hydrolysis) is 1. The number of nitrogens with zero attached hydrogens (tertiary/aromatic N) is 1. The van der Waals surface area contributed by atoms with Gasteiger partial charge in [-0.2, -0.15) is 8.42 Å². The molecule has 2 amide bonds. The smallest absolute Gasteiger partial charge is 0.408 e. The maximum absolute atomic E-state index is 14.2. The molecule has 1 N–H and O–H groups in total. The van der Waals surface area contributed by atoms with E-state index >= 15 is 0 Å². The van der Waals surface area contributed by atoms with Crippen LogP contribution in [0.1, 0.15) is 50.5 Å². The SMILES string of the molecule is CC(=CC1=C(C(=O)OC(c2ccccc2)c2ccccc2)N2C(=O)C(NC(=O)OC(C)(C)C)C2SC1)OS(=O)(=O)c1ccc(C)cc1. The highest BCUT2D eigenvalue weighted by molar-refractivity contribution is 8.00. The van der Waals surface area contributed by atoms with Gasteiger partial charge in [0.2, 0.25) is 0 Å². The summed E-state index contributed by atoms with van der Waals surface area (Å²) in [5.74, 6) is -1.15. The minimum absolute atomic E-state index is 0.0102. The summed E-state index contributed by atoms with van der Waals surface area (Å²) in [5.41, 5.74) is 1.82. The topological polar surface area (TPSA) is 128 Å². The van der Waals surface area contributed by atoms with Crippen LogP contribution in [0.4, 0.5) is 4.79 Å². The largest absolute Gasteiger partial charge is 0.448 e. The van der Waals surface area contributed by atoms with Crippen LogP contribution in [0.3, 0.4) is 0 Å². The quantitative estimate of drug-likeness (QED) is 0.126. The highest BCUT2D eigenvalue weighted by atomic mass is 32.2. The molecule has 12 heteroatoms. The zero-order chi connectivity index (χ0) is 33.9. The molecular weight excluding hydrogens is 641 g/mol. The van der Waals surface area contributed by atoms with Gasteiger partial charge in [0.1, 0.15) is 33.4 Å². The number of rotatable bonds is 9. The van der Waals surface area contributed by atoms with Gasteiger partial charge in [-0.3, -0.25) is 9.69 Å². The maximum atomic E-state index is 14.2. The summed E-state index contributed by atoms with van der Waals surface area (Å²) >= 11 is 1.30. The number of carbonyl (C=O) groups excluding carboxylic acids is 3. The Labute approximate surface area is 278 Å². The average molecular weight is 677 g/mol. The second-order valence-corrected chi connectivity index (χ2v) is 14.8. The molecule has 2 atom stereocenters. The molecule has 3 aromatic rings. The molecule has 10 nitrogen and oxygen atoms in total. The van der Waals surface area contributed by atoms with Crippen molar-refractivity contribution in [2.75, 3.05) is 5.75 Å². The van der Waals surface area contributed by atoms with E-state index in [0.717, 1.165) is 16.7 Å². The van der Waals surface area contributed by atoms with Crippen molar-refractivity contribution in [1.82, 2.24) is 10.2 Å². The molecule has 2 unspecified atom stereocenters. The lowest BCUT2D eigenvalue weighted by Gasteiger charge is -2.49. The van der Waals surface area contributed by atoms with Crippen molar-refractivity contribution in [2.45, 2.75) is 62.6 Å². The molecule has 0 bridgehead atoms. The van der Waals surface area contributed by atoms with Gasteiger partial charge in [0, 0.05) is 5.75 Å². The summed E-state index contributed by atoms with van der Waals surface area (Å²) in [6.07, 6.45) is -0.135. The summed E-state index contributed by atoms with van der Waals surface area (Å²) in [6.45, 7) is 8.44. The van der Waals surface area contributed by atoms with Crippen molar-refractivity contribution in [3.8, 4) is 0 Å². The van der Waals surface area contributed by atoms with Crippen molar-refractivity contribution in [2.24, 2.45) is 0 Å². The highest BCUT2D eigenvalue weighted by Crippen LogP contribution is 2.42. The van der Waals surface area contributed by atoms with Crippen LogP contribution in [0.2, 0.25) is 0 Å². The Balaban J connectivity index is 1.49. The first kappa shape index (κ1) is 33.8. The summed E-state index contributed by atoms with van der Waals surface area (Å²) in [5, 5.41) is 1.99. The van der Waals surface area contributed by atoms with Crippen LogP contribution in [-0.2, 0) is 33.4 Å². The van der Waals surface area contributed by atoms with E-state index in [-0.39, 0.29) is 22.1 Å². The lowest BCUT2D eigenvalue weighted by molar-refractivity contribution is -0.153. The minimum Gasteiger partial charge on any atom is -0.448 e. The summed E-state index contributed by atoms with van der Waals surface area (Å²) in [4.78, 5) is 41.5. The zero-order valence-electron chi connectivity index (χ0n) is 26.6. The minimum atomic E-state index is -4.17. The molecule has 1 fully saturated rings. The summed E-state index contributed by atoms with van der Waals surface area (Å²) in [7, 11) is -4.17. The second-order valence-electron chi connectivity index (χ2n) is 12.1. The fourth-order valence-electron chi connectivity index (χ4n) is 5.12. The van der Waals surface area contributed by atoms with Gasteiger partial charge in [-0.05, 0) is 69.5 Å². The van der Waals surface area contributed by atoms with Gasteiger partial charge in [0.25, 0.3) is 5.91 Å². The van der Waals surface area contributed by atoms with Gasteiger partial charge in [0.05, 0.1) is 0 Å². The predicted molar refractivity (Wildman–Crippen MR) is 177 cm³/mol.